The normalized spacial score (nSPS) is 27.3. The highest BCUT2D eigenvalue weighted by Crippen LogP contribution is 2.23. The van der Waals surface area contributed by atoms with Crippen molar-refractivity contribution in [2.45, 2.75) is 44.1 Å². The highest BCUT2D eigenvalue weighted by Gasteiger charge is 2.49. The van der Waals surface area contributed by atoms with E-state index in [0.717, 1.165) is 12.0 Å². The Morgan fingerprint density at radius 1 is 1.19 bits per heavy atom. The zero-order valence-corrected chi connectivity index (χ0v) is 14.6. The first-order valence-corrected chi connectivity index (χ1v) is 8.23. The third-order valence-electron chi connectivity index (χ3n) is 3.93. The van der Waals surface area contributed by atoms with Gasteiger partial charge in [0.25, 0.3) is 0 Å². The van der Waals surface area contributed by atoms with Crippen LogP contribution in [0.5, 0.6) is 0 Å². The molecule has 2 rings (SSSR count). The molecule has 1 aromatic rings. The van der Waals surface area contributed by atoms with Gasteiger partial charge in [-0.3, -0.25) is 5.32 Å². The van der Waals surface area contributed by atoms with Gasteiger partial charge in [-0.25, -0.2) is 9.59 Å². The summed E-state index contributed by atoms with van der Waals surface area (Å²) >= 11 is 0. The minimum atomic E-state index is -1.80. The van der Waals surface area contributed by atoms with E-state index >= 15 is 0 Å². The van der Waals surface area contributed by atoms with Crippen LogP contribution < -0.4 is 5.32 Å². The van der Waals surface area contributed by atoms with E-state index in [1.807, 2.05) is 19.1 Å². The van der Waals surface area contributed by atoms with Crippen LogP contribution in [-0.4, -0.2) is 64.7 Å². The molecule has 146 valence electrons. The second kappa shape index (κ2) is 9.34. The number of rotatable bonds is 5. The first-order valence-electron chi connectivity index (χ1n) is 8.23. The molecule has 1 heterocycles. The molecule has 0 radical (unpaired) electrons. The molecule has 5 atom stereocenters. The Bertz CT molecular complexity index is 698. The number of carbonyl (C=O) groups excluding carboxylic acids is 2. The number of carbonyl (C=O) groups is 2. The molecule has 9 heteroatoms. The number of aliphatic hydroxyl groups excluding tert-OH is 3. The highest BCUT2D eigenvalue weighted by molar-refractivity contribution is 5.84. The lowest BCUT2D eigenvalue weighted by atomic mass is 9.99. The molecule has 0 saturated carbocycles. The van der Waals surface area contributed by atoms with Crippen LogP contribution in [0, 0.1) is 12.3 Å². The molecule has 1 aliphatic heterocycles. The van der Waals surface area contributed by atoms with Gasteiger partial charge in [-0.2, -0.15) is 0 Å². The third kappa shape index (κ3) is 5.18. The second-order valence-electron chi connectivity index (χ2n) is 5.79. The van der Waals surface area contributed by atoms with Crippen LogP contribution in [0.4, 0.5) is 10.5 Å². The fourth-order valence-electron chi connectivity index (χ4n) is 2.41. The largest absolute Gasteiger partial charge is 0.451 e. The van der Waals surface area contributed by atoms with Crippen molar-refractivity contribution in [1.29, 1.82) is 0 Å². The van der Waals surface area contributed by atoms with Crippen LogP contribution in [0.15, 0.2) is 24.3 Å². The maximum absolute atomic E-state index is 12.0. The Balaban J connectivity index is 2.01. The van der Waals surface area contributed by atoms with Crippen molar-refractivity contribution in [3.05, 3.63) is 29.8 Å². The van der Waals surface area contributed by atoms with Gasteiger partial charge < -0.3 is 29.5 Å². The number of benzene rings is 1. The number of amides is 1. The van der Waals surface area contributed by atoms with E-state index in [-0.39, 0.29) is 6.61 Å². The van der Waals surface area contributed by atoms with Gasteiger partial charge >= 0.3 is 12.1 Å². The molecule has 1 amide bonds. The van der Waals surface area contributed by atoms with Crippen LogP contribution in [0.2, 0.25) is 0 Å². The van der Waals surface area contributed by atoms with E-state index in [2.05, 4.69) is 16.0 Å². The summed E-state index contributed by atoms with van der Waals surface area (Å²) in [4.78, 5) is 23.9. The number of nitrogens with one attached hydrogen (secondary N) is 1. The van der Waals surface area contributed by atoms with Gasteiger partial charge in [0.1, 0.15) is 18.3 Å². The number of aryl methyl sites for hydroxylation is 1. The number of anilines is 1. The Labute approximate surface area is 155 Å². The average molecular weight is 379 g/mol. The Morgan fingerprint density at radius 3 is 2.44 bits per heavy atom. The molecule has 4 N–H and O–H groups in total. The summed E-state index contributed by atoms with van der Waals surface area (Å²) in [6.07, 6.45) is -3.92. The molecule has 1 aromatic carbocycles. The molecule has 0 aromatic heterocycles. The molecule has 0 aliphatic carbocycles. The Hall–Kier alpha value is -2.64. The minimum absolute atomic E-state index is 0.371. The number of hydrogen-bond acceptors (Lipinski definition) is 8. The third-order valence-corrected chi connectivity index (χ3v) is 3.93. The molecule has 0 spiro atoms. The van der Waals surface area contributed by atoms with Crippen molar-refractivity contribution in [2.75, 3.05) is 11.9 Å². The van der Waals surface area contributed by atoms with Crippen molar-refractivity contribution >= 4 is 17.7 Å². The van der Waals surface area contributed by atoms with E-state index in [4.69, 9.17) is 15.9 Å². The fourth-order valence-corrected chi connectivity index (χ4v) is 2.41. The second-order valence-corrected chi connectivity index (χ2v) is 5.79. The van der Waals surface area contributed by atoms with Gasteiger partial charge in [0.05, 0.1) is 0 Å². The van der Waals surface area contributed by atoms with Gasteiger partial charge in [-0.05, 0) is 24.1 Å². The van der Waals surface area contributed by atoms with E-state index in [9.17, 15) is 24.9 Å². The summed E-state index contributed by atoms with van der Waals surface area (Å²) in [5.41, 5.74) is 1.51. The van der Waals surface area contributed by atoms with Crippen molar-refractivity contribution in [1.82, 2.24) is 0 Å². The van der Waals surface area contributed by atoms with E-state index in [0.29, 0.717) is 5.69 Å². The molecule has 1 aliphatic rings. The number of ether oxygens (including phenoxy) is 3. The maximum atomic E-state index is 12.0. The molecule has 0 bridgehead atoms. The van der Waals surface area contributed by atoms with Crippen LogP contribution in [0.1, 0.15) is 12.5 Å². The predicted molar refractivity (Wildman–Crippen MR) is 92.4 cm³/mol. The molecular weight excluding hydrogens is 358 g/mol. The first kappa shape index (κ1) is 20.7. The van der Waals surface area contributed by atoms with Gasteiger partial charge in [0.2, 0.25) is 6.29 Å². The molecule has 1 saturated heterocycles. The zero-order valence-electron chi connectivity index (χ0n) is 14.6. The SMILES string of the molecule is C#CCOC(=O)C1OC(OC(=O)Nc2ccc(CC)cc2)C(O)C(O)C1O. The molecule has 9 nitrogen and oxygen atoms in total. The molecule has 27 heavy (non-hydrogen) atoms. The number of terminal acetylenes is 1. The van der Waals surface area contributed by atoms with Gasteiger partial charge in [0, 0.05) is 5.69 Å². The summed E-state index contributed by atoms with van der Waals surface area (Å²) in [7, 11) is 0. The lowest BCUT2D eigenvalue weighted by Crippen LogP contribution is -2.61. The highest BCUT2D eigenvalue weighted by atomic mass is 16.7. The molecular formula is C18H21NO8. The van der Waals surface area contributed by atoms with E-state index < -0.39 is 42.8 Å². The van der Waals surface area contributed by atoms with Crippen LogP contribution in [0.3, 0.4) is 0 Å². The lowest BCUT2D eigenvalue weighted by Gasteiger charge is -2.38. The summed E-state index contributed by atoms with van der Waals surface area (Å²) in [6, 6.07) is 6.96. The zero-order chi connectivity index (χ0) is 20.0. The monoisotopic (exact) mass is 379 g/mol. The average Bonchev–Trinajstić information content (AvgIpc) is 2.67. The van der Waals surface area contributed by atoms with Gasteiger partial charge in [-0.1, -0.05) is 25.0 Å². The number of aliphatic hydroxyl groups is 3. The van der Waals surface area contributed by atoms with Crippen molar-refractivity contribution in [2.24, 2.45) is 0 Å². The predicted octanol–water partition coefficient (Wildman–Crippen LogP) is -0.219. The fraction of sp³-hybridized carbons (Fsp3) is 0.444. The topological polar surface area (TPSA) is 135 Å². The lowest BCUT2D eigenvalue weighted by molar-refractivity contribution is -0.278. The maximum Gasteiger partial charge on any atom is 0.414 e. The first-order chi connectivity index (χ1) is 12.9. The van der Waals surface area contributed by atoms with E-state index in [1.165, 1.54) is 0 Å². The smallest absolute Gasteiger partial charge is 0.414 e. The summed E-state index contributed by atoms with van der Waals surface area (Å²) in [5, 5.41) is 32.1. The number of hydrogen-bond donors (Lipinski definition) is 4. The van der Waals surface area contributed by atoms with E-state index in [1.54, 1.807) is 12.1 Å². The van der Waals surface area contributed by atoms with Crippen molar-refractivity contribution in [3.63, 3.8) is 0 Å². The minimum Gasteiger partial charge on any atom is -0.451 e. The van der Waals surface area contributed by atoms with Crippen molar-refractivity contribution in [3.8, 4) is 12.3 Å². The van der Waals surface area contributed by atoms with Crippen LogP contribution >= 0.6 is 0 Å². The van der Waals surface area contributed by atoms with Crippen LogP contribution in [0.25, 0.3) is 0 Å². The van der Waals surface area contributed by atoms with Crippen LogP contribution in [-0.2, 0) is 25.4 Å². The molecule has 5 unspecified atom stereocenters. The van der Waals surface area contributed by atoms with Gasteiger partial charge in [0.15, 0.2) is 12.7 Å². The molecule has 1 fully saturated rings. The Morgan fingerprint density at radius 2 is 1.85 bits per heavy atom. The summed E-state index contributed by atoms with van der Waals surface area (Å²) in [5.74, 6) is 1.00. The number of esters is 1. The van der Waals surface area contributed by atoms with Gasteiger partial charge in [-0.15, -0.1) is 6.42 Å². The van der Waals surface area contributed by atoms with Crippen molar-refractivity contribution < 1.29 is 39.1 Å². The summed E-state index contributed by atoms with van der Waals surface area (Å²) < 4.78 is 14.7. The quantitative estimate of drug-likeness (QED) is 0.408. The summed E-state index contributed by atoms with van der Waals surface area (Å²) in [6.45, 7) is 1.62. The standard InChI is InChI=1S/C18H21NO8/c1-3-9-25-16(23)15-13(21)12(20)14(22)17(26-15)27-18(24)19-11-7-5-10(4-2)6-8-11/h1,5-8,12-15,17,20-22H,4,9H2,2H3,(H,19,24). The Kier molecular flexibility index (Phi) is 7.15.